The fraction of sp³-hybridized carbons (Fsp3) is 0.0667. The third-order valence-electron chi connectivity index (χ3n) is 2.62. The molecule has 2 nitrogen and oxygen atoms in total. The molecule has 0 saturated carbocycles. The van der Waals surface area contributed by atoms with Crippen LogP contribution in [0.1, 0.15) is 0 Å². The van der Waals surface area contributed by atoms with Gasteiger partial charge in [-0.3, -0.25) is 0 Å². The molecule has 1 aliphatic heterocycles. The third kappa shape index (κ3) is 2.44. The molecular formula is C15H11FO2S. The van der Waals surface area contributed by atoms with Crippen molar-refractivity contribution in [2.45, 2.75) is 9.79 Å². The van der Waals surface area contributed by atoms with Crippen molar-refractivity contribution < 1.29 is 13.9 Å². The van der Waals surface area contributed by atoms with Crippen molar-refractivity contribution in [3.05, 3.63) is 54.8 Å². The summed E-state index contributed by atoms with van der Waals surface area (Å²) in [7, 11) is 0. The molecule has 0 unspecified atom stereocenters. The number of hydrogen-bond acceptors (Lipinski definition) is 3. The van der Waals surface area contributed by atoms with Gasteiger partial charge in [0.2, 0.25) is 0 Å². The van der Waals surface area contributed by atoms with Crippen LogP contribution in [0, 0.1) is 0 Å². The molecule has 0 aromatic heterocycles. The molecule has 0 radical (unpaired) electrons. The summed E-state index contributed by atoms with van der Waals surface area (Å²) in [6.07, 6.45) is 0. The maximum absolute atomic E-state index is 12.3. The summed E-state index contributed by atoms with van der Waals surface area (Å²) in [5, 5.41) is 0. The van der Waals surface area contributed by atoms with Crippen LogP contribution in [0.3, 0.4) is 0 Å². The fourth-order valence-electron chi connectivity index (χ4n) is 1.77. The second-order valence-corrected chi connectivity index (χ2v) is 5.12. The van der Waals surface area contributed by atoms with E-state index in [2.05, 4.69) is 6.58 Å². The molecule has 0 amide bonds. The number of fused-ring (bicyclic) bond motifs is 2. The van der Waals surface area contributed by atoms with E-state index in [-0.39, 0.29) is 5.76 Å². The van der Waals surface area contributed by atoms with Crippen molar-refractivity contribution in [1.29, 1.82) is 0 Å². The van der Waals surface area contributed by atoms with E-state index in [9.17, 15) is 4.39 Å². The van der Waals surface area contributed by atoms with Gasteiger partial charge in [-0.1, -0.05) is 30.5 Å². The van der Waals surface area contributed by atoms with Crippen LogP contribution in [-0.2, 0) is 0 Å². The number of rotatable bonds is 3. The molecule has 1 heterocycles. The van der Waals surface area contributed by atoms with Crippen LogP contribution >= 0.6 is 11.8 Å². The first-order valence-corrected chi connectivity index (χ1v) is 6.58. The number of para-hydroxylation sites is 1. The first-order valence-electron chi connectivity index (χ1n) is 5.76. The zero-order valence-electron chi connectivity index (χ0n) is 10.1. The largest absolute Gasteiger partial charge is 0.459 e. The van der Waals surface area contributed by atoms with Crippen molar-refractivity contribution in [3.63, 3.8) is 0 Å². The predicted octanol–water partition coefficient (Wildman–Crippen LogP) is 4.81. The van der Waals surface area contributed by atoms with E-state index in [4.69, 9.17) is 9.47 Å². The van der Waals surface area contributed by atoms with Crippen LogP contribution in [0.15, 0.2) is 64.6 Å². The minimum Gasteiger partial charge on any atom is -0.459 e. The Balaban J connectivity index is 1.90. The first kappa shape index (κ1) is 12.1. The molecule has 1 aliphatic rings. The molecule has 0 spiro atoms. The molecule has 96 valence electrons. The van der Waals surface area contributed by atoms with E-state index < -0.39 is 6.67 Å². The topological polar surface area (TPSA) is 18.5 Å². The van der Waals surface area contributed by atoms with E-state index in [1.54, 1.807) is 23.9 Å². The molecule has 3 rings (SSSR count). The highest BCUT2D eigenvalue weighted by atomic mass is 32.2. The molecule has 0 fully saturated rings. The average Bonchev–Trinajstić information content (AvgIpc) is 2.45. The molecule has 0 atom stereocenters. The van der Waals surface area contributed by atoms with Crippen LogP contribution in [-0.4, -0.2) is 6.67 Å². The number of halogens is 1. The summed E-state index contributed by atoms with van der Waals surface area (Å²) in [4.78, 5) is 2.09. The smallest absolute Gasteiger partial charge is 0.147 e. The molecule has 0 saturated heterocycles. The van der Waals surface area contributed by atoms with Gasteiger partial charge in [-0.2, -0.15) is 0 Å². The quantitative estimate of drug-likeness (QED) is 0.639. The second kappa shape index (κ2) is 4.97. The molecule has 19 heavy (non-hydrogen) atoms. The van der Waals surface area contributed by atoms with Gasteiger partial charge in [0.25, 0.3) is 0 Å². The van der Waals surface area contributed by atoms with Gasteiger partial charge in [-0.05, 0) is 24.3 Å². The number of hydrogen-bond donors (Lipinski definition) is 0. The molecule has 0 aliphatic carbocycles. The maximum atomic E-state index is 12.3. The lowest BCUT2D eigenvalue weighted by Gasteiger charge is -2.20. The van der Waals surface area contributed by atoms with Crippen LogP contribution in [0.2, 0.25) is 0 Å². The zero-order valence-corrected chi connectivity index (χ0v) is 10.9. The highest BCUT2D eigenvalue weighted by molar-refractivity contribution is 7.99. The van der Waals surface area contributed by atoms with Gasteiger partial charge in [0.15, 0.2) is 0 Å². The highest BCUT2D eigenvalue weighted by Crippen LogP contribution is 2.47. The van der Waals surface area contributed by atoms with Gasteiger partial charge < -0.3 is 9.47 Å². The van der Waals surface area contributed by atoms with Crippen LogP contribution in [0.5, 0.6) is 17.2 Å². The van der Waals surface area contributed by atoms with Gasteiger partial charge in [0.1, 0.15) is 29.7 Å². The lowest BCUT2D eigenvalue weighted by Crippen LogP contribution is -1.98. The Hall–Kier alpha value is -1.94. The first-order chi connectivity index (χ1) is 9.26. The summed E-state index contributed by atoms with van der Waals surface area (Å²) < 4.78 is 23.4. The molecule has 0 N–H and O–H groups in total. The summed E-state index contributed by atoms with van der Waals surface area (Å²) in [5.74, 6) is 2.15. The lowest BCUT2D eigenvalue weighted by molar-refractivity contribution is 0.358. The normalized spacial score (nSPS) is 12.1. The van der Waals surface area contributed by atoms with E-state index in [0.29, 0.717) is 11.5 Å². The van der Waals surface area contributed by atoms with Gasteiger partial charge in [0.05, 0.1) is 9.79 Å². The van der Waals surface area contributed by atoms with Crippen molar-refractivity contribution in [3.8, 4) is 17.2 Å². The summed E-state index contributed by atoms with van der Waals surface area (Å²) in [5.41, 5.74) is 0. The number of benzene rings is 2. The van der Waals surface area contributed by atoms with Gasteiger partial charge in [-0.25, -0.2) is 4.39 Å². The van der Waals surface area contributed by atoms with E-state index >= 15 is 0 Å². The summed E-state index contributed by atoms with van der Waals surface area (Å²) in [6.45, 7) is 2.77. The summed E-state index contributed by atoms with van der Waals surface area (Å²) >= 11 is 1.64. The second-order valence-electron chi connectivity index (χ2n) is 4.03. The van der Waals surface area contributed by atoms with Gasteiger partial charge >= 0.3 is 0 Å². The average molecular weight is 274 g/mol. The Morgan fingerprint density at radius 3 is 2.79 bits per heavy atom. The van der Waals surface area contributed by atoms with Crippen molar-refractivity contribution in [1.82, 2.24) is 0 Å². The third-order valence-corrected chi connectivity index (χ3v) is 3.73. The number of alkyl halides is 1. The van der Waals surface area contributed by atoms with Gasteiger partial charge in [0, 0.05) is 6.07 Å². The monoisotopic (exact) mass is 274 g/mol. The molecule has 4 heteroatoms. The van der Waals surface area contributed by atoms with Crippen LogP contribution in [0.25, 0.3) is 0 Å². The highest BCUT2D eigenvalue weighted by Gasteiger charge is 2.17. The molecule has 0 bridgehead atoms. The SMILES string of the molecule is C=C(CF)Oc1ccc2c(c1)Oc1ccccc1S2. The Morgan fingerprint density at radius 2 is 1.95 bits per heavy atom. The van der Waals surface area contributed by atoms with Crippen LogP contribution in [0.4, 0.5) is 4.39 Å². The zero-order chi connectivity index (χ0) is 13.2. The predicted molar refractivity (Wildman–Crippen MR) is 72.8 cm³/mol. The number of ether oxygens (including phenoxy) is 2. The molecule has 2 aromatic carbocycles. The standard InChI is InChI=1S/C15H11FO2S/c1-10(9-16)17-11-6-7-15-13(8-11)18-12-4-2-3-5-14(12)19-15/h2-8H,1,9H2. The number of allylic oxidation sites excluding steroid dienone is 1. The Labute approximate surface area is 114 Å². The van der Waals surface area contributed by atoms with E-state index in [1.165, 1.54) is 0 Å². The van der Waals surface area contributed by atoms with Gasteiger partial charge in [-0.15, -0.1) is 0 Å². The minimum absolute atomic E-state index is 0.0869. The Morgan fingerprint density at radius 1 is 1.16 bits per heavy atom. The van der Waals surface area contributed by atoms with Crippen LogP contribution < -0.4 is 9.47 Å². The van der Waals surface area contributed by atoms with Crippen molar-refractivity contribution in [2.75, 3.05) is 6.67 Å². The van der Waals surface area contributed by atoms with Crippen molar-refractivity contribution in [2.24, 2.45) is 0 Å². The van der Waals surface area contributed by atoms with Crippen molar-refractivity contribution >= 4 is 11.8 Å². The Bertz CT molecular complexity index is 640. The maximum Gasteiger partial charge on any atom is 0.147 e. The van der Waals surface area contributed by atoms with E-state index in [0.717, 1.165) is 15.5 Å². The lowest BCUT2D eigenvalue weighted by atomic mass is 10.3. The fourth-order valence-corrected chi connectivity index (χ4v) is 2.70. The summed E-state index contributed by atoms with van der Waals surface area (Å²) in [6, 6.07) is 13.3. The van der Waals surface area contributed by atoms with E-state index in [1.807, 2.05) is 30.3 Å². The Kier molecular flexibility index (Phi) is 3.17. The molecule has 2 aromatic rings. The molecular weight excluding hydrogens is 263 g/mol. The minimum atomic E-state index is -0.699.